The molecule has 0 saturated carbocycles. The number of carbonyl (C=O) groups is 1. The van der Waals surface area contributed by atoms with Gasteiger partial charge >= 0.3 is 0 Å². The topological polar surface area (TPSA) is 81.5 Å². The first kappa shape index (κ1) is 23.9. The van der Waals surface area contributed by atoms with Gasteiger partial charge in [-0.15, -0.1) is 5.10 Å². The molecule has 3 aromatic carbocycles. The van der Waals surface area contributed by atoms with Crippen molar-refractivity contribution in [2.24, 2.45) is 11.8 Å². The van der Waals surface area contributed by atoms with Crippen LogP contribution in [0.1, 0.15) is 18.4 Å². The molecule has 4 aliphatic rings. The molecule has 0 aliphatic carbocycles. The smallest absolute Gasteiger partial charge is 0.231 e. The van der Waals surface area contributed by atoms with Crippen LogP contribution in [0, 0.1) is 11.8 Å². The Morgan fingerprint density at radius 1 is 0.949 bits per heavy atom. The van der Waals surface area contributed by atoms with Crippen LogP contribution in [-0.2, 0) is 17.9 Å². The monoisotopic (exact) mass is 521 g/mol. The third-order valence-electron chi connectivity index (χ3n) is 8.34. The highest BCUT2D eigenvalue weighted by Gasteiger charge is 2.43. The summed E-state index contributed by atoms with van der Waals surface area (Å²) in [5.74, 6) is 2.06. The lowest BCUT2D eigenvalue weighted by molar-refractivity contribution is -0.133. The van der Waals surface area contributed by atoms with E-state index in [1.165, 1.54) is 11.1 Å². The number of fused-ring (bicyclic) bond motifs is 4. The standard InChI is InChI=1S/C31H31N5O3/c37-31(32-16-21-6-11-29-30(14-21)39-20-38-29)27-18-35-13-12-25(27)15-26(35)17-36-19-28(33-34-36)24-9-7-23(8-10-24)22-4-2-1-3-5-22/h1-11,14,19,25-27H,12-13,15-18,20H2,(H,32,37)/t25-,26+,27-/m0/s1. The first-order valence-electron chi connectivity index (χ1n) is 13.7. The number of nitrogens with one attached hydrogen (secondary N) is 1. The van der Waals surface area contributed by atoms with Crippen molar-refractivity contribution in [2.75, 3.05) is 19.9 Å². The van der Waals surface area contributed by atoms with Gasteiger partial charge in [0.1, 0.15) is 5.69 Å². The van der Waals surface area contributed by atoms with E-state index in [0.29, 0.717) is 18.5 Å². The van der Waals surface area contributed by atoms with Crippen molar-refractivity contribution in [1.82, 2.24) is 25.2 Å². The number of amides is 1. The lowest BCUT2D eigenvalue weighted by Crippen LogP contribution is -2.57. The Kier molecular flexibility index (Phi) is 6.25. The summed E-state index contributed by atoms with van der Waals surface area (Å²) in [6.45, 7) is 3.37. The number of hydrogen-bond acceptors (Lipinski definition) is 6. The van der Waals surface area contributed by atoms with Crippen molar-refractivity contribution in [2.45, 2.75) is 32.0 Å². The van der Waals surface area contributed by atoms with Crippen LogP contribution < -0.4 is 14.8 Å². The molecule has 1 amide bonds. The molecule has 4 atom stereocenters. The van der Waals surface area contributed by atoms with Gasteiger partial charge in [0.05, 0.1) is 18.7 Å². The molecule has 8 nitrogen and oxygen atoms in total. The molecule has 0 spiro atoms. The van der Waals surface area contributed by atoms with Gasteiger partial charge in [0.15, 0.2) is 11.5 Å². The second-order valence-corrected chi connectivity index (χ2v) is 10.7. The van der Waals surface area contributed by atoms with Gasteiger partial charge in [0, 0.05) is 24.7 Å². The number of aromatic nitrogens is 3. The number of nitrogens with zero attached hydrogens (tertiary/aromatic N) is 4. The van der Waals surface area contributed by atoms with Gasteiger partial charge < -0.3 is 14.8 Å². The SMILES string of the molecule is O=C(NCc1ccc2c(c1)OCO2)[C@H]1CN2CC[C@H]1C[C@@H]2Cn1cc(-c2ccc(-c3ccccc3)cc2)nn1. The molecule has 0 radical (unpaired) electrons. The Labute approximate surface area is 227 Å². The molecule has 3 saturated heterocycles. The van der Waals surface area contributed by atoms with Gasteiger partial charge in [-0.2, -0.15) is 0 Å². The first-order chi connectivity index (χ1) is 19.2. The fourth-order valence-corrected chi connectivity index (χ4v) is 6.20. The van der Waals surface area contributed by atoms with Crippen molar-refractivity contribution in [3.63, 3.8) is 0 Å². The molecule has 1 unspecified atom stereocenters. The fraction of sp³-hybridized carbons (Fsp3) is 0.323. The number of carbonyl (C=O) groups excluding carboxylic acids is 1. The predicted molar refractivity (Wildman–Crippen MR) is 147 cm³/mol. The quantitative estimate of drug-likeness (QED) is 0.389. The molecule has 1 N–H and O–H groups in total. The molecule has 8 rings (SSSR count). The molecule has 1 aromatic heterocycles. The number of piperidine rings is 3. The van der Waals surface area contributed by atoms with Gasteiger partial charge in [0.2, 0.25) is 12.7 Å². The zero-order valence-corrected chi connectivity index (χ0v) is 21.7. The normalized spacial score (nSPS) is 23.1. The van der Waals surface area contributed by atoms with Crippen molar-refractivity contribution in [3.05, 3.63) is 84.6 Å². The highest BCUT2D eigenvalue weighted by atomic mass is 16.7. The predicted octanol–water partition coefficient (Wildman–Crippen LogP) is 4.37. The zero-order chi connectivity index (χ0) is 26.2. The van der Waals surface area contributed by atoms with Crippen LogP contribution in [-0.4, -0.2) is 51.7 Å². The summed E-state index contributed by atoms with van der Waals surface area (Å²) in [5, 5.41) is 12.0. The second kappa shape index (κ2) is 10.2. The van der Waals surface area contributed by atoms with Crippen molar-refractivity contribution < 1.29 is 14.3 Å². The molecule has 4 aromatic rings. The van der Waals surface area contributed by atoms with Crippen molar-refractivity contribution >= 4 is 5.91 Å². The molecule has 39 heavy (non-hydrogen) atoms. The van der Waals surface area contributed by atoms with E-state index in [9.17, 15) is 4.79 Å². The van der Waals surface area contributed by atoms with Crippen LogP contribution in [0.3, 0.4) is 0 Å². The van der Waals surface area contributed by atoms with Crippen LogP contribution in [0.15, 0.2) is 79.0 Å². The zero-order valence-electron chi connectivity index (χ0n) is 21.7. The molecular weight excluding hydrogens is 490 g/mol. The Hall–Kier alpha value is -4.17. The van der Waals surface area contributed by atoms with E-state index in [4.69, 9.17) is 9.47 Å². The van der Waals surface area contributed by atoms with Crippen molar-refractivity contribution in [3.8, 4) is 33.9 Å². The van der Waals surface area contributed by atoms with Crippen LogP contribution in [0.5, 0.6) is 11.5 Å². The Morgan fingerprint density at radius 2 is 1.74 bits per heavy atom. The summed E-state index contributed by atoms with van der Waals surface area (Å²) in [4.78, 5) is 15.6. The average Bonchev–Trinajstić information content (AvgIpc) is 3.66. The van der Waals surface area contributed by atoms with E-state index >= 15 is 0 Å². The van der Waals surface area contributed by atoms with Crippen LogP contribution in [0.2, 0.25) is 0 Å². The van der Waals surface area contributed by atoms with Crippen LogP contribution in [0.4, 0.5) is 0 Å². The van der Waals surface area contributed by atoms with E-state index in [-0.39, 0.29) is 18.6 Å². The van der Waals surface area contributed by atoms with Crippen LogP contribution >= 0.6 is 0 Å². The highest BCUT2D eigenvalue weighted by molar-refractivity contribution is 5.79. The van der Waals surface area contributed by atoms with Gasteiger partial charge in [-0.05, 0) is 54.1 Å². The fourth-order valence-electron chi connectivity index (χ4n) is 6.20. The number of rotatable bonds is 7. The lowest BCUT2D eigenvalue weighted by atomic mass is 9.75. The third-order valence-corrected chi connectivity index (χ3v) is 8.34. The molecule has 2 bridgehead atoms. The Bertz CT molecular complexity index is 1470. The first-order valence-corrected chi connectivity index (χ1v) is 13.7. The summed E-state index contributed by atoms with van der Waals surface area (Å²) in [6, 6.07) is 25.0. The maximum atomic E-state index is 13.1. The van der Waals surface area contributed by atoms with E-state index in [1.54, 1.807) is 0 Å². The molecule has 198 valence electrons. The van der Waals surface area contributed by atoms with Gasteiger partial charge in [-0.25, -0.2) is 0 Å². The Balaban J connectivity index is 0.951. The summed E-state index contributed by atoms with van der Waals surface area (Å²) in [6.07, 6.45) is 4.11. The van der Waals surface area contributed by atoms with Gasteiger partial charge in [0.25, 0.3) is 0 Å². The molecule has 8 heteroatoms. The maximum Gasteiger partial charge on any atom is 0.231 e. The third kappa shape index (κ3) is 4.88. The van der Waals surface area contributed by atoms with E-state index in [1.807, 2.05) is 35.1 Å². The minimum atomic E-state index is 0.0263. The van der Waals surface area contributed by atoms with E-state index in [2.05, 4.69) is 69.1 Å². The number of hydrogen-bond donors (Lipinski definition) is 1. The maximum absolute atomic E-state index is 13.1. The minimum absolute atomic E-state index is 0.0263. The summed E-state index contributed by atoms with van der Waals surface area (Å²) in [5.41, 5.74) is 5.35. The average molecular weight is 522 g/mol. The lowest BCUT2D eigenvalue weighted by Gasteiger charge is -2.49. The molecule has 5 heterocycles. The number of ether oxygens (including phenoxy) is 2. The Morgan fingerprint density at radius 3 is 2.56 bits per heavy atom. The van der Waals surface area contributed by atoms with Crippen molar-refractivity contribution in [1.29, 1.82) is 0 Å². The summed E-state index contributed by atoms with van der Waals surface area (Å²) < 4.78 is 12.8. The van der Waals surface area contributed by atoms with E-state index in [0.717, 1.165) is 60.8 Å². The van der Waals surface area contributed by atoms with Gasteiger partial charge in [-0.3, -0.25) is 14.4 Å². The second-order valence-electron chi connectivity index (χ2n) is 10.7. The summed E-state index contributed by atoms with van der Waals surface area (Å²) >= 11 is 0. The summed E-state index contributed by atoms with van der Waals surface area (Å²) in [7, 11) is 0. The number of benzene rings is 3. The molecular formula is C31H31N5O3. The minimum Gasteiger partial charge on any atom is -0.454 e. The van der Waals surface area contributed by atoms with Crippen LogP contribution in [0.25, 0.3) is 22.4 Å². The highest BCUT2D eigenvalue weighted by Crippen LogP contribution is 2.37. The largest absolute Gasteiger partial charge is 0.454 e. The molecule has 3 fully saturated rings. The molecule has 4 aliphatic heterocycles. The van der Waals surface area contributed by atoms with E-state index < -0.39 is 0 Å². The van der Waals surface area contributed by atoms with Gasteiger partial charge in [-0.1, -0.05) is 65.9 Å².